The van der Waals surface area contributed by atoms with E-state index in [9.17, 15) is 9.59 Å². The van der Waals surface area contributed by atoms with Crippen LogP contribution in [0.15, 0.2) is 18.2 Å². The van der Waals surface area contributed by atoms with Crippen LogP contribution < -0.4 is 16.4 Å². The predicted octanol–water partition coefficient (Wildman–Crippen LogP) is 0.994. The number of nitrogens with one attached hydrogen (secondary N) is 2. The van der Waals surface area contributed by atoms with Crippen LogP contribution in [0.1, 0.15) is 24.2 Å². The molecule has 1 aromatic carbocycles. The predicted molar refractivity (Wildman–Crippen MR) is 74.0 cm³/mol. The second-order valence-electron chi connectivity index (χ2n) is 3.82. The molecule has 0 fully saturated rings. The normalized spacial score (nSPS) is 9.79. The van der Waals surface area contributed by atoms with Crippen molar-refractivity contribution in [2.45, 2.75) is 13.8 Å². The van der Waals surface area contributed by atoms with Gasteiger partial charge in [-0.25, -0.2) is 0 Å². The zero-order valence-electron chi connectivity index (χ0n) is 11.2. The van der Waals surface area contributed by atoms with Crippen LogP contribution in [0.3, 0.4) is 0 Å². The summed E-state index contributed by atoms with van der Waals surface area (Å²) < 4.78 is 4.79. The Morgan fingerprint density at radius 1 is 1.32 bits per heavy atom. The molecule has 6 heteroatoms. The molecule has 0 spiro atoms. The molecule has 0 aromatic heterocycles. The maximum Gasteiger partial charge on any atom is 0.325 e. The zero-order valence-corrected chi connectivity index (χ0v) is 11.2. The summed E-state index contributed by atoms with van der Waals surface area (Å²) in [7, 11) is 0. The van der Waals surface area contributed by atoms with Crippen molar-refractivity contribution in [2.75, 3.05) is 30.7 Å². The highest BCUT2D eigenvalue weighted by molar-refractivity contribution is 5.96. The summed E-state index contributed by atoms with van der Waals surface area (Å²) in [5, 5.41) is 5.55. The molecular formula is C13H19N3O3. The SMILES string of the molecule is CCNC(=O)c1ccc(NCC(=O)OCC)c(N)c1. The number of nitrogens with two attached hydrogens (primary N) is 1. The fourth-order valence-corrected chi connectivity index (χ4v) is 1.51. The van der Waals surface area contributed by atoms with Crippen molar-refractivity contribution in [3.05, 3.63) is 23.8 Å². The van der Waals surface area contributed by atoms with Crippen LogP contribution in [0, 0.1) is 0 Å². The molecule has 0 aliphatic rings. The van der Waals surface area contributed by atoms with Gasteiger partial charge in [0.25, 0.3) is 5.91 Å². The number of rotatable bonds is 6. The van der Waals surface area contributed by atoms with Gasteiger partial charge in [-0.1, -0.05) is 0 Å². The summed E-state index contributed by atoms with van der Waals surface area (Å²) in [6.45, 7) is 4.52. The molecule has 0 aliphatic heterocycles. The first-order valence-electron chi connectivity index (χ1n) is 6.15. The molecular weight excluding hydrogens is 246 g/mol. The molecule has 1 rings (SSSR count). The van der Waals surface area contributed by atoms with E-state index in [-0.39, 0.29) is 18.4 Å². The highest BCUT2D eigenvalue weighted by Gasteiger charge is 2.08. The van der Waals surface area contributed by atoms with Crippen molar-refractivity contribution in [1.29, 1.82) is 0 Å². The van der Waals surface area contributed by atoms with Gasteiger partial charge in [-0.15, -0.1) is 0 Å². The van der Waals surface area contributed by atoms with Gasteiger partial charge in [0.2, 0.25) is 0 Å². The Labute approximate surface area is 112 Å². The highest BCUT2D eigenvalue weighted by Crippen LogP contribution is 2.19. The molecule has 19 heavy (non-hydrogen) atoms. The third-order valence-electron chi connectivity index (χ3n) is 2.38. The van der Waals surface area contributed by atoms with Crippen LogP contribution >= 0.6 is 0 Å². The molecule has 0 saturated heterocycles. The Bertz CT molecular complexity index is 460. The summed E-state index contributed by atoms with van der Waals surface area (Å²) in [4.78, 5) is 22.8. The van der Waals surface area contributed by atoms with E-state index in [0.29, 0.717) is 30.1 Å². The van der Waals surface area contributed by atoms with E-state index < -0.39 is 0 Å². The Morgan fingerprint density at radius 3 is 2.63 bits per heavy atom. The Hall–Kier alpha value is -2.24. The van der Waals surface area contributed by atoms with Gasteiger partial charge >= 0.3 is 5.97 Å². The number of amides is 1. The van der Waals surface area contributed by atoms with E-state index >= 15 is 0 Å². The number of ether oxygens (including phenoxy) is 1. The molecule has 0 bridgehead atoms. The summed E-state index contributed by atoms with van der Waals surface area (Å²) in [5.41, 5.74) is 7.32. The number of benzene rings is 1. The quantitative estimate of drug-likeness (QED) is 0.527. The average Bonchev–Trinajstić information content (AvgIpc) is 2.38. The van der Waals surface area contributed by atoms with Crippen LogP contribution in [0.4, 0.5) is 11.4 Å². The zero-order chi connectivity index (χ0) is 14.3. The summed E-state index contributed by atoms with van der Waals surface area (Å²) in [6, 6.07) is 4.88. The van der Waals surface area contributed by atoms with Crippen molar-refractivity contribution in [3.8, 4) is 0 Å². The monoisotopic (exact) mass is 265 g/mol. The molecule has 0 saturated carbocycles. The second-order valence-corrected chi connectivity index (χ2v) is 3.82. The van der Waals surface area contributed by atoms with Crippen molar-refractivity contribution in [1.82, 2.24) is 5.32 Å². The van der Waals surface area contributed by atoms with Crippen LogP contribution in [0.5, 0.6) is 0 Å². The topological polar surface area (TPSA) is 93.5 Å². The minimum atomic E-state index is -0.352. The van der Waals surface area contributed by atoms with E-state index in [4.69, 9.17) is 10.5 Å². The van der Waals surface area contributed by atoms with E-state index in [1.165, 1.54) is 0 Å². The molecule has 0 radical (unpaired) electrons. The van der Waals surface area contributed by atoms with Gasteiger partial charge in [-0.3, -0.25) is 9.59 Å². The van der Waals surface area contributed by atoms with Crippen molar-refractivity contribution in [2.24, 2.45) is 0 Å². The molecule has 0 aliphatic carbocycles. The lowest BCUT2D eigenvalue weighted by Crippen LogP contribution is -2.23. The van der Waals surface area contributed by atoms with Crippen LogP contribution in [0.25, 0.3) is 0 Å². The fraction of sp³-hybridized carbons (Fsp3) is 0.385. The average molecular weight is 265 g/mol. The van der Waals surface area contributed by atoms with E-state index in [2.05, 4.69) is 10.6 Å². The van der Waals surface area contributed by atoms with Gasteiger partial charge in [-0.2, -0.15) is 0 Å². The standard InChI is InChI=1S/C13H19N3O3/c1-3-15-13(18)9-5-6-11(10(14)7-9)16-8-12(17)19-4-2/h5-7,16H,3-4,8,14H2,1-2H3,(H,15,18). The van der Waals surface area contributed by atoms with E-state index in [0.717, 1.165) is 0 Å². The van der Waals surface area contributed by atoms with Gasteiger partial charge in [0.05, 0.1) is 18.0 Å². The number of carbonyl (C=O) groups excluding carboxylic acids is 2. The van der Waals surface area contributed by atoms with Gasteiger partial charge in [0, 0.05) is 12.1 Å². The third-order valence-corrected chi connectivity index (χ3v) is 2.38. The first-order valence-corrected chi connectivity index (χ1v) is 6.15. The summed E-state index contributed by atoms with van der Waals surface area (Å²) in [6.07, 6.45) is 0. The summed E-state index contributed by atoms with van der Waals surface area (Å²) >= 11 is 0. The van der Waals surface area contributed by atoms with Crippen LogP contribution in [-0.4, -0.2) is 31.6 Å². The minimum absolute atomic E-state index is 0.0402. The van der Waals surface area contributed by atoms with Gasteiger partial charge in [0.15, 0.2) is 0 Å². The smallest absolute Gasteiger partial charge is 0.325 e. The first-order chi connectivity index (χ1) is 9.08. The van der Waals surface area contributed by atoms with E-state index in [1.807, 2.05) is 6.92 Å². The summed E-state index contributed by atoms with van der Waals surface area (Å²) in [5.74, 6) is -0.527. The number of esters is 1. The van der Waals surface area contributed by atoms with Crippen molar-refractivity contribution >= 4 is 23.3 Å². The van der Waals surface area contributed by atoms with Crippen molar-refractivity contribution < 1.29 is 14.3 Å². The van der Waals surface area contributed by atoms with Crippen LogP contribution in [0.2, 0.25) is 0 Å². The van der Waals surface area contributed by atoms with E-state index in [1.54, 1.807) is 25.1 Å². The Balaban J connectivity index is 2.67. The molecule has 1 aromatic rings. The third kappa shape index (κ3) is 4.50. The number of hydrogen-bond acceptors (Lipinski definition) is 5. The molecule has 0 atom stereocenters. The molecule has 4 N–H and O–H groups in total. The highest BCUT2D eigenvalue weighted by atomic mass is 16.5. The molecule has 1 amide bonds. The lowest BCUT2D eigenvalue weighted by atomic mass is 10.1. The number of hydrogen-bond donors (Lipinski definition) is 3. The Morgan fingerprint density at radius 2 is 2.05 bits per heavy atom. The molecule has 0 unspecified atom stereocenters. The molecule has 0 heterocycles. The number of anilines is 2. The minimum Gasteiger partial charge on any atom is -0.465 e. The number of nitrogen functional groups attached to an aromatic ring is 1. The molecule has 6 nitrogen and oxygen atoms in total. The maximum atomic E-state index is 11.6. The first kappa shape index (κ1) is 14.8. The lowest BCUT2D eigenvalue weighted by molar-refractivity contribution is -0.140. The van der Waals surface area contributed by atoms with Gasteiger partial charge < -0.3 is 21.1 Å². The Kier molecular flexibility index (Phi) is 5.66. The fourth-order valence-electron chi connectivity index (χ4n) is 1.51. The number of carbonyl (C=O) groups is 2. The molecule has 104 valence electrons. The van der Waals surface area contributed by atoms with Gasteiger partial charge in [-0.05, 0) is 32.0 Å². The van der Waals surface area contributed by atoms with Gasteiger partial charge in [0.1, 0.15) is 6.54 Å². The second kappa shape index (κ2) is 7.25. The largest absolute Gasteiger partial charge is 0.465 e. The lowest BCUT2D eigenvalue weighted by Gasteiger charge is -2.10. The van der Waals surface area contributed by atoms with Crippen molar-refractivity contribution in [3.63, 3.8) is 0 Å². The van der Waals surface area contributed by atoms with Crippen LogP contribution in [-0.2, 0) is 9.53 Å². The maximum absolute atomic E-state index is 11.6.